The van der Waals surface area contributed by atoms with E-state index in [9.17, 15) is 0 Å². The van der Waals surface area contributed by atoms with Gasteiger partial charge in [0.05, 0.1) is 33.1 Å². The Balaban J connectivity index is 0.000000109. The molecule has 20 aromatic rings. The molecular weight excluding hydrogens is 1240 g/mol. The summed E-state index contributed by atoms with van der Waals surface area (Å²) in [6.07, 6.45) is 1.08. The summed E-state index contributed by atoms with van der Waals surface area (Å²) in [5, 5.41) is 16.0. The van der Waals surface area contributed by atoms with Crippen molar-refractivity contribution in [1.29, 1.82) is 0 Å². The molecule has 0 spiro atoms. The van der Waals surface area contributed by atoms with Crippen molar-refractivity contribution in [2.24, 2.45) is 0 Å². The van der Waals surface area contributed by atoms with Crippen LogP contribution in [0.5, 0.6) is 0 Å². The van der Waals surface area contributed by atoms with Crippen molar-refractivity contribution in [3.63, 3.8) is 0 Å². The summed E-state index contributed by atoms with van der Waals surface area (Å²) < 4.78 is 16.5. The smallest absolute Gasteiger partial charge is 0.0555 e. The summed E-state index contributed by atoms with van der Waals surface area (Å²) in [5.41, 5.74) is 19.3. The molecule has 7 heteroatoms. The molecule has 0 bridgehead atoms. The van der Waals surface area contributed by atoms with E-state index in [1.165, 1.54) is 176 Å². The van der Waals surface area contributed by atoms with Crippen molar-refractivity contribution in [2.75, 3.05) is 0 Å². The van der Waals surface area contributed by atoms with Gasteiger partial charge in [0.15, 0.2) is 0 Å². The van der Waals surface area contributed by atoms with Crippen LogP contribution in [0.3, 0.4) is 0 Å². The van der Waals surface area contributed by atoms with Crippen LogP contribution in [0.2, 0.25) is 0 Å². The fraction of sp³-hybridized carbons (Fsp3) is 0.0118. The Morgan fingerprint density at radius 1 is 0.261 bits per heavy atom. The molecular formula is C85H52BrN3S3. The van der Waals surface area contributed by atoms with Gasteiger partial charge in [0.2, 0.25) is 0 Å². The first-order chi connectivity index (χ1) is 45.6. The third-order valence-electron chi connectivity index (χ3n) is 18.9. The first kappa shape index (κ1) is 53.5. The van der Waals surface area contributed by atoms with E-state index in [1.54, 1.807) is 0 Å². The summed E-state index contributed by atoms with van der Waals surface area (Å²) in [4.78, 5) is 0. The molecule has 432 valence electrons. The molecule has 0 radical (unpaired) electrons. The maximum absolute atomic E-state index is 3.55. The predicted octanol–water partition coefficient (Wildman–Crippen LogP) is 25.5. The Bertz CT molecular complexity index is 6350. The fourth-order valence-corrected chi connectivity index (χ4v) is 18.9. The van der Waals surface area contributed by atoms with E-state index in [-0.39, 0.29) is 0 Å². The molecule has 0 fully saturated rings. The van der Waals surface area contributed by atoms with Crippen LogP contribution in [0.25, 0.3) is 165 Å². The third kappa shape index (κ3) is 8.36. The van der Waals surface area contributed by atoms with Crippen LogP contribution < -0.4 is 0 Å². The molecule has 3 nitrogen and oxygen atoms in total. The number of fused-ring (bicyclic) bond motifs is 24. The summed E-state index contributed by atoms with van der Waals surface area (Å²) in [5.74, 6) is 0. The van der Waals surface area contributed by atoms with Gasteiger partial charge in [-0.05, 0) is 143 Å². The number of hydrogen-bond acceptors (Lipinski definition) is 3. The van der Waals surface area contributed by atoms with Crippen LogP contribution in [0.1, 0.15) is 11.1 Å². The van der Waals surface area contributed by atoms with Crippen molar-refractivity contribution in [2.45, 2.75) is 6.42 Å². The Labute approximate surface area is 549 Å². The van der Waals surface area contributed by atoms with Gasteiger partial charge in [0, 0.05) is 120 Å². The zero-order valence-corrected chi connectivity index (χ0v) is 53.6. The maximum atomic E-state index is 3.55. The molecule has 1 aliphatic rings. The van der Waals surface area contributed by atoms with E-state index >= 15 is 0 Å². The van der Waals surface area contributed by atoms with Crippen molar-refractivity contribution in [3.05, 3.63) is 319 Å². The zero-order chi connectivity index (χ0) is 60.5. The summed E-state index contributed by atoms with van der Waals surface area (Å²) in [6.45, 7) is 0. The van der Waals surface area contributed by atoms with Crippen LogP contribution in [0.15, 0.2) is 308 Å². The minimum atomic E-state index is 1.08. The van der Waals surface area contributed by atoms with Gasteiger partial charge in [-0.25, -0.2) is 0 Å². The standard InChI is InChI=1S/C42H26N2S.C24H14BrNS.C19H12S/c1-2-10-29(11-3-1)43-36-15-7-4-12-31(36)35-26-28(20-24-38(35)43)27-18-21-30(22-19-27)44-37-16-8-5-14-34(37)41-39(44)25-23-33-32-13-6-9-17-40(32)45-42(33)41;25-15-9-11-16(12-10-15)26-20-7-3-1-6-19(20)23-21(26)14-13-18-17-5-2-4-8-22(17)27-24(18)23;1-2-6-14-12(5-1)11-13-9-10-16-15-7-3-4-8-17(15)20-19(16)18(13)14/h1-26H;1-14H;1-10H,11H2. The number of rotatable bonds is 4. The topological polar surface area (TPSA) is 14.8 Å². The number of thiophene rings is 3. The van der Waals surface area contributed by atoms with Gasteiger partial charge in [-0.3, -0.25) is 0 Å². The van der Waals surface area contributed by atoms with Gasteiger partial charge in [0.25, 0.3) is 0 Å². The van der Waals surface area contributed by atoms with Gasteiger partial charge in [-0.15, -0.1) is 34.0 Å². The van der Waals surface area contributed by atoms with Crippen LogP contribution in [0, 0.1) is 0 Å². The first-order valence-corrected chi connectivity index (χ1v) is 34.4. The minimum absolute atomic E-state index is 1.08. The molecule has 0 saturated heterocycles. The first-order valence-electron chi connectivity index (χ1n) is 31.2. The number of aromatic nitrogens is 3. The van der Waals surface area contributed by atoms with Gasteiger partial charge >= 0.3 is 0 Å². The predicted molar refractivity (Wildman–Crippen MR) is 402 cm³/mol. The van der Waals surface area contributed by atoms with Crippen molar-refractivity contribution in [1.82, 2.24) is 13.7 Å². The molecule has 1 aliphatic carbocycles. The van der Waals surface area contributed by atoms with Crippen LogP contribution in [0.4, 0.5) is 0 Å². The number of para-hydroxylation sites is 4. The molecule has 0 aliphatic heterocycles. The molecule has 6 aromatic heterocycles. The van der Waals surface area contributed by atoms with E-state index in [0.29, 0.717) is 0 Å². The molecule has 0 unspecified atom stereocenters. The summed E-state index contributed by atoms with van der Waals surface area (Å²) in [6, 6.07) is 110. The monoisotopic (exact) mass is 1290 g/mol. The highest BCUT2D eigenvalue weighted by atomic mass is 79.9. The fourth-order valence-electron chi connectivity index (χ4n) is 14.8. The molecule has 0 atom stereocenters. The van der Waals surface area contributed by atoms with Crippen molar-refractivity contribution >= 4 is 176 Å². The second-order valence-corrected chi connectivity index (χ2v) is 28.0. The van der Waals surface area contributed by atoms with Gasteiger partial charge < -0.3 is 13.7 Å². The third-order valence-corrected chi connectivity index (χ3v) is 23.0. The van der Waals surface area contributed by atoms with E-state index in [4.69, 9.17) is 0 Å². The molecule has 0 N–H and O–H groups in total. The normalized spacial score (nSPS) is 12.1. The molecule has 14 aromatic carbocycles. The molecule has 0 amide bonds. The summed E-state index contributed by atoms with van der Waals surface area (Å²) in [7, 11) is 0. The Morgan fingerprint density at radius 2 is 0.663 bits per heavy atom. The van der Waals surface area contributed by atoms with Gasteiger partial charge in [0.1, 0.15) is 0 Å². The lowest BCUT2D eigenvalue weighted by Crippen LogP contribution is -1.94. The van der Waals surface area contributed by atoms with E-state index < -0.39 is 0 Å². The second kappa shape index (κ2) is 21.4. The second-order valence-electron chi connectivity index (χ2n) is 23.9. The lowest BCUT2D eigenvalue weighted by molar-refractivity contribution is 1.18. The maximum Gasteiger partial charge on any atom is 0.0555 e. The number of hydrogen-bond donors (Lipinski definition) is 0. The molecule has 6 heterocycles. The SMILES string of the molecule is Brc1ccc(-n2c3ccccc3c3c4sc5ccccc5c4ccc32)cc1.c1ccc(-n2c3ccccc3c3cc(-c4ccc(-n5c6ccccc6c6c7sc8ccccc8c7ccc65)cc4)ccc32)cc1.c1ccc2c(c1)Cc1ccc3c(sc4ccccc43)c1-2. The highest BCUT2D eigenvalue weighted by molar-refractivity contribution is 9.10. The highest BCUT2D eigenvalue weighted by Gasteiger charge is 2.24. The van der Waals surface area contributed by atoms with E-state index in [0.717, 1.165) is 10.9 Å². The molecule has 21 rings (SSSR count). The van der Waals surface area contributed by atoms with Crippen molar-refractivity contribution < 1.29 is 0 Å². The summed E-state index contributed by atoms with van der Waals surface area (Å²) >= 11 is 9.28. The number of halogens is 1. The number of benzene rings is 14. The Hall–Kier alpha value is -10.4. The lowest BCUT2D eigenvalue weighted by atomic mass is 10.0. The van der Waals surface area contributed by atoms with E-state index in [2.05, 4.69) is 333 Å². The van der Waals surface area contributed by atoms with Crippen LogP contribution >= 0.6 is 49.9 Å². The van der Waals surface area contributed by atoms with E-state index in [1.807, 2.05) is 34.0 Å². The highest BCUT2D eigenvalue weighted by Crippen LogP contribution is 2.48. The molecule has 0 saturated carbocycles. The van der Waals surface area contributed by atoms with Crippen molar-refractivity contribution in [3.8, 4) is 39.3 Å². The Morgan fingerprint density at radius 3 is 1.25 bits per heavy atom. The van der Waals surface area contributed by atoms with Gasteiger partial charge in [-0.1, -0.05) is 210 Å². The average molecular weight is 1290 g/mol. The zero-order valence-electron chi connectivity index (χ0n) is 49.5. The molecule has 92 heavy (non-hydrogen) atoms. The van der Waals surface area contributed by atoms with Crippen LogP contribution in [-0.2, 0) is 6.42 Å². The average Bonchev–Trinajstić information content (AvgIpc) is 1.61. The lowest BCUT2D eigenvalue weighted by Gasteiger charge is -2.10. The Kier molecular flexibility index (Phi) is 12.4. The van der Waals surface area contributed by atoms with Gasteiger partial charge in [-0.2, -0.15) is 0 Å². The van der Waals surface area contributed by atoms with Crippen LogP contribution in [-0.4, -0.2) is 13.7 Å². The quantitative estimate of drug-likeness (QED) is 0.167. The minimum Gasteiger partial charge on any atom is -0.309 e. The number of nitrogens with zero attached hydrogens (tertiary/aromatic N) is 3. The largest absolute Gasteiger partial charge is 0.309 e.